The molecule has 0 saturated heterocycles. The Morgan fingerprint density at radius 1 is 1.67 bits per heavy atom. The predicted molar refractivity (Wildman–Crippen MR) is 41.1 cm³/mol. The van der Waals surface area contributed by atoms with Crippen molar-refractivity contribution in [3.05, 3.63) is 17.7 Å². The molecular formula is C5H6N2S2. The molecule has 48 valence electrons. The summed E-state index contributed by atoms with van der Waals surface area (Å²) in [6.07, 6.45) is 2.59. The van der Waals surface area contributed by atoms with Crippen LogP contribution in [0.1, 0.15) is 5.01 Å². The maximum absolute atomic E-state index is 4.01. The second-order valence-electron chi connectivity index (χ2n) is 1.47. The van der Waals surface area contributed by atoms with E-state index in [-0.39, 0.29) is 0 Å². The van der Waals surface area contributed by atoms with Crippen molar-refractivity contribution in [3.63, 3.8) is 0 Å². The molecule has 9 heavy (non-hydrogen) atoms. The van der Waals surface area contributed by atoms with E-state index in [2.05, 4.69) is 29.4 Å². The van der Waals surface area contributed by atoms with Crippen LogP contribution in [0.2, 0.25) is 0 Å². The number of hydrogen-bond acceptors (Lipinski definition) is 4. The first-order valence-electron chi connectivity index (χ1n) is 2.45. The standard InChI is InChI=1S/C5H6N2S2/c1-2-3-4-6-7-5(8)9-4/h2H,1,3H2,(H,7,8). The molecule has 0 aliphatic rings. The Labute approximate surface area is 63.0 Å². The van der Waals surface area contributed by atoms with E-state index in [1.807, 2.05) is 0 Å². The molecule has 0 aromatic carbocycles. The number of aromatic nitrogens is 2. The second-order valence-corrected chi connectivity index (χ2v) is 3.26. The van der Waals surface area contributed by atoms with Gasteiger partial charge >= 0.3 is 0 Å². The molecule has 0 aliphatic heterocycles. The van der Waals surface area contributed by atoms with E-state index in [9.17, 15) is 0 Å². The van der Waals surface area contributed by atoms with Gasteiger partial charge in [-0.1, -0.05) is 17.4 Å². The van der Waals surface area contributed by atoms with Crippen LogP contribution in [0.4, 0.5) is 0 Å². The predicted octanol–water partition coefficient (Wildman–Crippen LogP) is 1.56. The summed E-state index contributed by atoms with van der Waals surface area (Å²) >= 11 is 5.49. The SMILES string of the molecule is C=CCc1nnc(S)s1. The van der Waals surface area contributed by atoms with Gasteiger partial charge in [-0.3, -0.25) is 0 Å². The lowest BCUT2D eigenvalue weighted by Gasteiger charge is -1.78. The number of thiol groups is 1. The first-order valence-corrected chi connectivity index (χ1v) is 3.71. The van der Waals surface area contributed by atoms with Gasteiger partial charge in [-0.2, -0.15) is 0 Å². The maximum Gasteiger partial charge on any atom is 0.171 e. The molecule has 0 unspecified atom stereocenters. The van der Waals surface area contributed by atoms with Crippen molar-refractivity contribution in [2.24, 2.45) is 0 Å². The Balaban J connectivity index is 2.72. The Morgan fingerprint density at radius 3 is 2.89 bits per heavy atom. The molecular weight excluding hydrogens is 152 g/mol. The first kappa shape index (κ1) is 6.77. The van der Waals surface area contributed by atoms with E-state index >= 15 is 0 Å². The van der Waals surface area contributed by atoms with Gasteiger partial charge in [0.15, 0.2) is 4.34 Å². The molecule has 1 aromatic rings. The van der Waals surface area contributed by atoms with E-state index in [4.69, 9.17) is 0 Å². The summed E-state index contributed by atoms with van der Waals surface area (Å²) < 4.78 is 0.715. The summed E-state index contributed by atoms with van der Waals surface area (Å²) in [5.41, 5.74) is 0. The van der Waals surface area contributed by atoms with Crippen molar-refractivity contribution in [1.82, 2.24) is 10.2 Å². The topological polar surface area (TPSA) is 25.8 Å². The zero-order valence-corrected chi connectivity index (χ0v) is 6.45. The molecule has 0 atom stereocenters. The molecule has 1 heterocycles. The zero-order valence-electron chi connectivity index (χ0n) is 4.74. The molecule has 0 aliphatic carbocycles. The summed E-state index contributed by atoms with van der Waals surface area (Å²) in [7, 11) is 0. The summed E-state index contributed by atoms with van der Waals surface area (Å²) in [6.45, 7) is 3.58. The summed E-state index contributed by atoms with van der Waals surface area (Å²) in [5.74, 6) is 0. The van der Waals surface area contributed by atoms with Crippen LogP contribution in [0.5, 0.6) is 0 Å². The summed E-state index contributed by atoms with van der Waals surface area (Å²) in [5, 5.41) is 8.51. The van der Waals surface area contributed by atoms with Gasteiger partial charge < -0.3 is 0 Å². The van der Waals surface area contributed by atoms with Crippen LogP contribution >= 0.6 is 24.0 Å². The molecule has 1 aromatic heterocycles. The molecule has 0 spiro atoms. The van der Waals surface area contributed by atoms with Crippen LogP contribution in [0.3, 0.4) is 0 Å². The van der Waals surface area contributed by atoms with Crippen molar-refractivity contribution in [1.29, 1.82) is 0 Å². The highest BCUT2D eigenvalue weighted by Gasteiger charge is 1.95. The van der Waals surface area contributed by atoms with Gasteiger partial charge in [0.2, 0.25) is 0 Å². The van der Waals surface area contributed by atoms with E-state index in [1.165, 1.54) is 11.3 Å². The molecule has 2 nitrogen and oxygen atoms in total. The van der Waals surface area contributed by atoms with Gasteiger partial charge in [0.05, 0.1) is 0 Å². The third kappa shape index (κ3) is 1.80. The summed E-state index contributed by atoms with van der Waals surface area (Å²) in [4.78, 5) is 0. The van der Waals surface area contributed by atoms with Crippen LogP contribution in [-0.4, -0.2) is 10.2 Å². The monoisotopic (exact) mass is 158 g/mol. The minimum atomic E-state index is 0.715. The largest absolute Gasteiger partial charge is 0.171 e. The van der Waals surface area contributed by atoms with Gasteiger partial charge in [0.25, 0.3) is 0 Å². The Bertz CT molecular complexity index is 206. The van der Waals surface area contributed by atoms with E-state index < -0.39 is 0 Å². The van der Waals surface area contributed by atoms with Crippen molar-refractivity contribution < 1.29 is 0 Å². The molecule has 0 saturated carbocycles. The van der Waals surface area contributed by atoms with Crippen molar-refractivity contribution in [3.8, 4) is 0 Å². The third-order valence-electron chi connectivity index (χ3n) is 0.775. The quantitative estimate of drug-likeness (QED) is 0.522. The van der Waals surface area contributed by atoms with E-state index in [0.29, 0.717) is 4.34 Å². The van der Waals surface area contributed by atoms with Gasteiger partial charge in [-0.25, -0.2) is 0 Å². The fraction of sp³-hybridized carbons (Fsp3) is 0.200. The van der Waals surface area contributed by atoms with Crippen LogP contribution in [-0.2, 0) is 6.42 Å². The van der Waals surface area contributed by atoms with Crippen molar-refractivity contribution >= 4 is 24.0 Å². The second kappa shape index (κ2) is 2.98. The first-order chi connectivity index (χ1) is 4.33. The molecule has 1 rings (SSSR count). The zero-order chi connectivity index (χ0) is 6.69. The molecule has 4 heteroatoms. The minimum absolute atomic E-state index is 0.715. The van der Waals surface area contributed by atoms with Gasteiger partial charge in [0.1, 0.15) is 5.01 Å². The highest BCUT2D eigenvalue weighted by atomic mass is 32.2. The van der Waals surface area contributed by atoms with Gasteiger partial charge in [-0.15, -0.1) is 29.4 Å². The highest BCUT2D eigenvalue weighted by molar-refractivity contribution is 7.82. The van der Waals surface area contributed by atoms with Gasteiger partial charge in [0, 0.05) is 6.42 Å². The highest BCUT2D eigenvalue weighted by Crippen LogP contribution is 2.12. The van der Waals surface area contributed by atoms with Gasteiger partial charge in [-0.05, 0) is 0 Å². The maximum atomic E-state index is 4.01. The van der Waals surface area contributed by atoms with E-state index in [0.717, 1.165) is 11.4 Å². The fourth-order valence-electron chi connectivity index (χ4n) is 0.451. The molecule has 0 bridgehead atoms. The number of nitrogens with zero attached hydrogens (tertiary/aromatic N) is 2. The van der Waals surface area contributed by atoms with Crippen molar-refractivity contribution in [2.75, 3.05) is 0 Å². The lowest BCUT2D eigenvalue weighted by molar-refractivity contribution is 0.967. The Kier molecular flexibility index (Phi) is 2.24. The minimum Gasteiger partial charge on any atom is -0.142 e. The third-order valence-corrected chi connectivity index (χ3v) is 1.89. The van der Waals surface area contributed by atoms with Crippen LogP contribution < -0.4 is 0 Å². The number of allylic oxidation sites excluding steroid dienone is 1. The molecule has 0 amide bonds. The van der Waals surface area contributed by atoms with E-state index in [1.54, 1.807) is 6.08 Å². The average Bonchev–Trinajstić information content (AvgIpc) is 2.17. The lowest BCUT2D eigenvalue weighted by Crippen LogP contribution is -1.76. The number of hydrogen-bond donors (Lipinski definition) is 1. The fourth-order valence-corrected chi connectivity index (χ4v) is 1.39. The van der Waals surface area contributed by atoms with Crippen LogP contribution in [0.25, 0.3) is 0 Å². The van der Waals surface area contributed by atoms with Crippen molar-refractivity contribution in [2.45, 2.75) is 10.8 Å². The summed E-state index contributed by atoms with van der Waals surface area (Å²) in [6, 6.07) is 0. The lowest BCUT2D eigenvalue weighted by atomic mass is 10.5. The smallest absolute Gasteiger partial charge is 0.142 e. The normalized spacial score (nSPS) is 9.44. The molecule has 0 radical (unpaired) electrons. The number of rotatable bonds is 2. The van der Waals surface area contributed by atoms with Crippen LogP contribution in [0, 0.1) is 0 Å². The molecule has 0 fully saturated rings. The Hall–Kier alpha value is -0.350. The van der Waals surface area contributed by atoms with Crippen LogP contribution in [0.15, 0.2) is 17.0 Å². The molecule has 0 N–H and O–H groups in total. The Morgan fingerprint density at radius 2 is 2.44 bits per heavy atom. The average molecular weight is 158 g/mol.